The van der Waals surface area contributed by atoms with Crippen molar-refractivity contribution in [1.29, 1.82) is 5.26 Å². The van der Waals surface area contributed by atoms with Crippen LogP contribution in [0.4, 0.5) is 18.9 Å². The molecule has 5 nitrogen and oxygen atoms in total. The second kappa shape index (κ2) is 6.75. The third kappa shape index (κ3) is 3.13. The number of nitrogens with one attached hydrogen (secondary N) is 1. The number of rotatable bonds is 1. The summed E-state index contributed by atoms with van der Waals surface area (Å²) in [5.74, 6) is -0.904. The molecule has 2 atom stereocenters. The van der Waals surface area contributed by atoms with Crippen molar-refractivity contribution in [3.8, 4) is 17.6 Å². The topological polar surface area (TPSA) is 65.4 Å². The van der Waals surface area contributed by atoms with Crippen LogP contribution in [0, 0.1) is 11.3 Å². The van der Waals surface area contributed by atoms with Gasteiger partial charge < -0.3 is 15.0 Å². The Labute approximate surface area is 159 Å². The van der Waals surface area contributed by atoms with Crippen molar-refractivity contribution < 1.29 is 22.7 Å². The van der Waals surface area contributed by atoms with Crippen molar-refractivity contribution in [1.82, 2.24) is 5.32 Å². The predicted molar refractivity (Wildman–Crippen MR) is 95.0 cm³/mol. The smallest absolute Gasteiger partial charge is 0.455 e. The maximum Gasteiger partial charge on any atom is 0.471 e. The highest BCUT2D eigenvalue weighted by molar-refractivity contribution is 5.82. The molecule has 0 bridgehead atoms. The zero-order valence-electron chi connectivity index (χ0n) is 14.7. The molecule has 2 heterocycles. The van der Waals surface area contributed by atoms with Crippen LogP contribution in [0.1, 0.15) is 30.0 Å². The molecule has 0 unspecified atom stereocenters. The number of para-hydroxylation sites is 1. The standard InChI is InChI=1S/C20H16F3N3O2/c21-20(22,23)19(27)25-14-5-3-9-26-15-10-12(11-24)7-8-17(15)28-16-6-2-1-4-13(16)18(14)26/h1-2,4,6-8,10,14,18H,3,5,9H2,(H,25,27)/t14-,18-/m1/s1. The molecule has 2 aromatic carbocycles. The summed E-state index contributed by atoms with van der Waals surface area (Å²) in [6.07, 6.45) is -3.95. The van der Waals surface area contributed by atoms with E-state index < -0.39 is 24.2 Å². The summed E-state index contributed by atoms with van der Waals surface area (Å²) in [4.78, 5) is 13.5. The molecule has 2 aliphatic heterocycles. The van der Waals surface area contributed by atoms with Gasteiger partial charge in [-0.3, -0.25) is 4.79 Å². The molecule has 2 aromatic rings. The first-order valence-electron chi connectivity index (χ1n) is 8.84. The van der Waals surface area contributed by atoms with Crippen LogP contribution in [-0.4, -0.2) is 24.7 Å². The number of anilines is 1. The number of nitriles is 1. The van der Waals surface area contributed by atoms with Crippen molar-refractivity contribution in [3.63, 3.8) is 0 Å². The molecule has 1 amide bonds. The first-order chi connectivity index (χ1) is 13.4. The van der Waals surface area contributed by atoms with Crippen LogP contribution in [-0.2, 0) is 4.79 Å². The number of carbonyl (C=O) groups excluding carboxylic acids is 1. The Balaban J connectivity index is 1.82. The van der Waals surface area contributed by atoms with E-state index in [1.807, 2.05) is 4.90 Å². The Bertz CT molecular complexity index is 968. The summed E-state index contributed by atoms with van der Waals surface area (Å²) in [5.41, 5.74) is 1.75. The molecule has 0 aliphatic carbocycles. The summed E-state index contributed by atoms with van der Waals surface area (Å²) >= 11 is 0. The zero-order chi connectivity index (χ0) is 19.9. The molecule has 28 heavy (non-hydrogen) atoms. The van der Waals surface area contributed by atoms with Gasteiger partial charge >= 0.3 is 12.1 Å². The number of hydrogen-bond donors (Lipinski definition) is 1. The van der Waals surface area contributed by atoms with Crippen LogP contribution in [0.3, 0.4) is 0 Å². The molecule has 1 saturated heterocycles. The number of benzene rings is 2. The average molecular weight is 387 g/mol. The van der Waals surface area contributed by atoms with Crippen molar-refractivity contribution in [3.05, 3.63) is 53.6 Å². The summed E-state index contributed by atoms with van der Waals surface area (Å²) in [5, 5.41) is 11.4. The fourth-order valence-electron chi connectivity index (χ4n) is 3.89. The lowest BCUT2D eigenvalue weighted by Crippen LogP contribution is -2.52. The number of piperidine rings is 1. The Morgan fingerprint density at radius 2 is 2.00 bits per heavy atom. The van der Waals surface area contributed by atoms with Gasteiger partial charge in [0.15, 0.2) is 5.75 Å². The summed E-state index contributed by atoms with van der Waals surface area (Å²) in [6.45, 7) is 0.572. The average Bonchev–Trinajstić information content (AvgIpc) is 2.82. The summed E-state index contributed by atoms with van der Waals surface area (Å²) < 4.78 is 44.6. The van der Waals surface area contributed by atoms with Gasteiger partial charge in [0.05, 0.1) is 29.4 Å². The van der Waals surface area contributed by atoms with Crippen LogP contribution in [0.15, 0.2) is 42.5 Å². The Morgan fingerprint density at radius 3 is 2.75 bits per heavy atom. The largest absolute Gasteiger partial charge is 0.471 e. The number of ether oxygens (including phenoxy) is 1. The molecular weight excluding hydrogens is 371 g/mol. The van der Waals surface area contributed by atoms with Gasteiger partial charge in [-0.15, -0.1) is 0 Å². The molecule has 0 spiro atoms. The number of hydrogen-bond acceptors (Lipinski definition) is 4. The predicted octanol–water partition coefficient (Wildman–Crippen LogP) is 4.05. The van der Waals surface area contributed by atoms with E-state index >= 15 is 0 Å². The van der Waals surface area contributed by atoms with Crippen LogP contribution >= 0.6 is 0 Å². The van der Waals surface area contributed by atoms with Gasteiger partial charge in [0.25, 0.3) is 0 Å². The van der Waals surface area contributed by atoms with E-state index in [2.05, 4.69) is 11.4 Å². The first-order valence-corrected chi connectivity index (χ1v) is 8.84. The minimum absolute atomic E-state index is 0.407. The van der Waals surface area contributed by atoms with Gasteiger partial charge in [-0.1, -0.05) is 18.2 Å². The van der Waals surface area contributed by atoms with Gasteiger partial charge in [0.1, 0.15) is 5.75 Å². The molecule has 0 aromatic heterocycles. The first kappa shape index (κ1) is 18.2. The summed E-state index contributed by atoms with van der Waals surface area (Å²) in [7, 11) is 0. The number of fused-ring (bicyclic) bond motifs is 5. The Kier molecular flexibility index (Phi) is 4.38. The normalized spacial score (nSPS) is 20.6. The third-order valence-corrected chi connectivity index (χ3v) is 5.06. The highest BCUT2D eigenvalue weighted by Crippen LogP contribution is 2.47. The van der Waals surface area contributed by atoms with Crippen molar-refractivity contribution in [2.75, 3.05) is 11.4 Å². The van der Waals surface area contributed by atoms with Gasteiger partial charge in [-0.2, -0.15) is 18.4 Å². The third-order valence-electron chi connectivity index (χ3n) is 5.06. The van der Waals surface area contributed by atoms with Crippen molar-refractivity contribution in [2.24, 2.45) is 0 Å². The van der Waals surface area contributed by atoms with E-state index in [9.17, 15) is 23.2 Å². The minimum atomic E-state index is -4.95. The second-order valence-corrected chi connectivity index (χ2v) is 6.79. The van der Waals surface area contributed by atoms with Crippen molar-refractivity contribution >= 4 is 11.6 Å². The SMILES string of the molecule is N#Cc1ccc2c(c1)N1CCC[C@@H](NC(=O)C(F)(F)F)[C@H]1c1ccccc1O2. The lowest BCUT2D eigenvalue weighted by atomic mass is 9.89. The minimum Gasteiger partial charge on any atom is -0.455 e. The zero-order valence-corrected chi connectivity index (χ0v) is 14.7. The number of nitrogens with zero attached hydrogens (tertiary/aromatic N) is 2. The molecule has 0 radical (unpaired) electrons. The maximum atomic E-state index is 12.9. The second-order valence-electron chi connectivity index (χ2n) is 6.79. The fourth-order valence-corrected chi connectivity index (χ4v) is 3.89. The number of alkyl halides is 3. The highest BCUT2D eigenvalue weighted by atomic mass is 19.4. The van der Waals surface area contributed by atoms with E-state index in [0.29, 0.717) is 47.7 Å². The number of halogens is 3. The number of amides is 1. The monoisotopic (exact) mass is 387 g/mol. The van der Waals surface area contributed by atoms with Crippen LogP contribution in [0.5, 0.6) is 11.5 Å². The van der Waals surface area contributed by atoms with Crippen LogP contribution < -0.4 is 15.0 Å². The quantitative estimate of drug-likeness (QED) is 0.802. The van der Waals surface area contributed by atoms with Gasteiger partial charge in [0, 0.05) is 12.1 Å². The highest BCUT2D eigenvalue weighted by Gasteiger charge is 2.44. The molecule has 1 N–H and O–H groups in total. The Morgan fingerprint density at radius 1 is 1.21 bits per heavy atom. The van der Waals surface area contributed by atoms with Gasteiger partial charge in [-0.05, 0) is 37.1 Å². The molecule has 144 valence electrons. The Hall–Kier alpha value is -3.21. The molecule has 4 rings (SSSR count). The molecule has 1 fully saturated rings. The molecule has 0 saturated carbocycles. The van der Waals surface area contributed by atoms with E-state index in [1.165, 1.54) is 0 Å². The van der Waals surface area contributed by atoms with Crippen LogP contribution in [0.2, 0.25) is 0 Å². The fraction of sp³-hybridized carbons (Fsp3) is 0.300. The lowest BCUT2D eigenvalue weighted by Gasteiger charge is -2.42. The summed E-state index contributed by atoms with van der Waals surface area (Å²) in [6, 6.07) is 12.9. The maximum absolute atomic E-state index is 12.9. The van der Waals surface area contributed by atoms with E-state index in [-0.39, 0.29) is 0 Å². The molecule has 8 heteroatoms. The van der Waals surface area contributed by atoms with E-state index in [1.54, 1.807) is 42.5 Å². The number of carbonyl (C=O) groups is 1. The lowest BCUT2D eigenvalue weighted by molar-refractivity contribution is -0.174. The van der Waals surface area contributed by atoms with Crippen molar-refractivity contribution in [2.45, 2.75) is 31.1 Å². The van der Waals surface area contributed by atoms with E-state index in [4.69, 9.17) is 4.74 Å². The molecule has 2 aliphatic rings. The van der Waals surface area contributed by atoms with Gasteiger partial charge in [-0.25, -0.2) is 0 Å². The molecular formula is C20H16F3N3O2. The van der Waals surface area contributed by atoms with E-state index in [0.717, 1.165) is 0 Å². The van der Waals surface area contributed by atoms with Gasteiger partial charge in [0.2, 0.25) is 0 Å². The van der Waals surface area contributed by atoms with Crippen LogP contribution in [0.25, 0.3) is 0 Å².